The maximum Gasteiger partial charge on any atom is 0.157 e. The summed E-state index contributed by atoms with van der Waals surface area (Å²) in [6, 6.07) is 17.3. The van der Waals surface area contributed by atoms with Crippen molar-refractivity contribution in [1.82, 2.24) is 0 Å². The van der Waals surface area contributed by atoms with E-state index in [1.807, 2.05) is 0 Å². The largest absolute Gasteiger partial charge is 0.504 e. The maximum absolute atomic E-state index is 10.3. The number of phenols is 2. The third kappa shape index (κ3) is 2.62. The van der Waals surface area contributed by atoms with E-state index in [1.165, 1.54) is 33.4 Å². The van der Waals surface area contributed by atoms with Crippen molar-refractivity contribution in [3.05, 3.63) is 93.0 Å². The molecule has 30 heavy (non-hydrogen) atoms. The summed E-state index contributed by atoms with van der Waals surface area (Å²) in [5.41, 5.74) is 10.3. The summed E-state index contributed by atoms with van der Waals surface area (Å²) in [6.07, 6.45) is 0. The van der Waals surface area contributed by atoms with Gasteiger partial charge in [-0.15, -0.1) is 0 Å². The Bertz CT molecular complexity index is 1120. The quantitative estimate of drug-likeness (QED) is 0.286. The molecule has 2 heteroatoms. The second kappa shape index (κ2) is 5.91. The van der Waals surface area contributed by atoms with E-state index in [1.54, 1.807) is 12.1 Å². The van der Waals surface area contributed by atoms with Gasteiger partial charge in [0.05, 0.1) is 0 Å². The lowest BCUT2D eigenvalue weighted by Crippen LogP contribution is -2.29. The minimum absolute atomic E-state index is 0.0386. The molecular formula is C28H30O2. The van der Waals surface area contributed by atoms with Crippen LogP contribution in [0.5, 0.6) is 11.5 Å². The second-order valence-electron chi connectivity index (χ2n) is 11.0. The Morgan fingerprint density at radius 2 is 0.833 bits per heavy atom. The van der Waals surface area contributed by atoms with Gasteiger partial charge in [0.25, 0.3) is 0 Å². The Labute approximate surface area is 179 Å². The predicted octanol–water partition coefficient (Wildman–Crippen LogP) is 6.68. The first-order valence-electron chi connectivity index (χ1n) is 10.8. The highest BCUT2D eigenvalue weighted by Gasteiger charge is 2.42. The Morgan fingerprint density at radius 1 is 0.500 bits per heavy atom. The monoisotopic (exact) mass is 398 g/mol. The molecule has 2 bridgehead atoms. The Morgan fingerprint density at radius 3 is 1.20 bits per heavy atom. The van der Waals surface area contributed by atoms with E-state index >= 15 is 0 Å². The highest BCUT2D eigenvalue weighted by atomic mass is 16.3. The fourth-order valence-electron chi connectivity index (χ4n) is 5.22. The molecule has 3 aromatic carbocycles. The van der Waals surface area contributed by atoms with E-state index in [2.05, 4.69) is 77.9 Å². The third-order valence-electron chi connectivity index (χ3n) is 6.95. The van der Waals surface area contributed by atoms with Gasteiger partial charge >= 0.3 is 0 Å². The standard InChI is InChI=1S/C28H30O2/c1-27(2,3)15-7-9-17-19(11-15)26-20-12-16(28(4,5)6)8-10-18(20)25(17)21-13-23(29)24(30)14-22(21)26/h7-14,25-26,29-30H,1-6H3. The third-order valence-corrected chi connectivity index (χ3v) is 6.95. The predicted molar refractivity (Wildman–Crippen MR) is 122 cm³/mol. The molecule has 0 radical (unpaired) electrons. The number of rotatable bonds is 0. The molecule has 0 unspecified atom stereocenters. The molecule has 6 rings (SSSR count). The average molecular weight is 399 g/mol. The van der Waals surface area contributed by atoms with Crippen LogP contribution in [0.25, 0.3) is 0 Å². The van der Waals surface area contributed by atoms with Crippen LogP contribution in [0.4, 0.5) is 0 Å². The van der Waals surface area contributed by atoms with Crippen molar-refractivity contribution >= 4 is 0 Å². The summed E-state index contributed by atoms with van der Waals surface area (Å²) in [5.74, 6) is 0.0843. The average Bonchev–Trinajstić information content (AvgIpc) is 2.66. The van der Waals surface area contributed by atoms with Crippen molar-refractivity contribution in [3.63, 3.8) is 0 Å². The van der Waals surface area contributed by atoms with Gasteiger partial charge in [0.1, 0.15) is 0 Å². The first-order chi connectivity index (χ1) is 14.0. The summed E-state index contributed by atoms with van der Waals surface area (Å²) in [5, 5.41) is 20.6. The van der Waals surface area contributed by atoms with Gasteiger partial charge in [0.2, 0.25) is 0 Å². The molecule has 2 nitrogen and oxygen atoms in total. The van der Waals surface area contributed by atoms with E-state index in [0.29, 0.717) is 0 Å². The van der Waals surface area contributed by atoms with Gasteiger partial charge in [-0.05, 0) is 67.5 Å². The van der Waals surface area contributed by atoms with Crippen LogP contribution in [0.3, 0.4) is 0 Å². The normalized spacial score (nSPS) is 19.3. The van der Waals surface area contributed by atoms with Crippen molar-refractivity contribution < 1.29 is 10.2 Å². The lowest BCUT2D eigenvalue weighted by molar-refractivity contribution is 0.401. The van der Waals surface area contributed by atoms with Crippen LogP contribution in [-0.4, -0.2) is 10.2 Å². The van der Waals surface area contributed by atoms with Crippen molar-refractivity contribution in [3.8, 4) is 11.5 Å². The van der Waals surface area contributed by atoms with Gasteiger partial charge < -0.3 is 10.2 Å². The topological polar surface area (TPSA) is 40.5 Å². The number of hydrogen-bond acceptors (Lipinski definition) is 2. The van der Waals surface area contributed by atoms with Crippen LogP contribution >= 0.6 is 0 Å². The fourth-order valence-corrected chi connectivity index (χ4v) is 5.22. The van der Waals surface area contributed by atoms with Crippen LogP contribution < -0.4 is 0 Å². The van der Waals surface area contributed by atoms with Gasteiger partial charge in [-0.25, -0.2) is 0 Å². The Balaban J connectivity index is 1.82. The number of hydrogen-bond donors (Lipinski definition) is 2. The van der Waals surface area contributed by atoms with Crippen molar-refractivity contribution in [2.24, 2.45) is 0 Å². The highest BCUT2D eigenvalue weighted by Crippen LogP contribution is 2.58. The minimum Gasteiger partial charge on any atom is -0.504 e. The molecule has 0 amide bonds. The van der Waals surface area contributed by atoms with E-state index in [-0.39, 0.29) is 34.2 Å². The minimum atomic E-state index is -0.0398. The molecule has 3 aliphatic carbocycles. The molecule has 0 spiro atoms. The summed E-state index contributed by atoms with van der Waals surface area (Å²) in [4.78, 5) is 0. The van der Waals surface area contributed by atoms with Crippen molar-refractivity contribution in [2.75, 3.05) is 0 Å². The molecule has 0 atom stereocenters. The second-order valence-corrected chi connectivity index (χ2v) is 11.0. The highest BCUT2D eigenvalue weighted by molar-refractivity contribution is 5.70. The SMILES string of the molecule is CC(C)(C)c1ccc2c(c1)C1c3cc(C(C)(C)C)ccc3C2c2cc(O)c(O)cc21. The lowest BCUT2D eigenvalue weighted by Gasteiger charge is -2.43. The van der Waals surface area contributed by atoms with Crippen LogP contribution in [0.15, 0.2) is 48.5 Å². The fraction of sp³-hybridized carbons (Fsp3) is 0.357. The van der Waals surface area contributed by atoms with Crippen molar-refractivity contribution in [1.29, 1.82) is 0 Å². The summed E-state index contributed by atoms with van der Waals surface area (Å²) >= 11 is 0. The Kier molecular flexibility index (Phi) is 3.79. The van der Waals surface area contributed by atoms with Gasteiger partial charge in [0.15, 0.2) is 11.5 Å². The van der Waals surface area contributed by atoms with Crippen LogP contribution in [0, 0.1) is 0 Å². The van der Waals surface area contributed by atoms with Gasteiger partial charge in [-0.2, -0.15) is 0 Å². The molecule has 2 N–H and O–H groups in total. The summed E-state index contributed by atoms with van der Waals surface area (Å²) in [6.45, 7) is 13.5. The zero-order valence-electron chi connectivity index (χ0n) is 18.7. The van der Waals surface area contributed by atoms with Crippen LogP contribution in [-0.2, 0) is 10.8 Å². The smallest absolute Gasteiger partial charge is 0.157 e. The van der Waals surface area contributed by atoms with Gasteiger partial charge in [-0.3, -0.25) is 0 Å². The molecule has 3 aromatic rings. The number of aromatic hydroxyl groups is 2. The molecule has 0 aliphatic heterocycles. The van der Waals surface area contributed by atoms with E-state index in [4.69, 9.17) is 0 Å². The number of benzene rings is 3. The maximum atomic E-state index is 10.3. The van der Waals surface area contributed by atoms with Crippen LogP contribution in [0.2, 0.25) is 0 Å². The molecule has 154 valence electrons. The molecule has 0 saturated heterocycles. The van der Waals surface area contributed by atoms with Crippen molar-refractivity contribution in [2.45, 2.75) is 64.2 Å². The molecule has 0 saturated carbocycles. The molecule has 0 heterocycles. The Hall–Kier alpha value is -2.74. The van der Waals surface area contributed by atoms with E-state index < -0.39 is 0 Å². The zero-order chi connectivity index (χ0) is 21.6. The van der Waals surface area contributed by atoms with Gasteiger partial charge in [0, 0.05) is 11.8 Å². The number of phenolic OH excluding ortho intramolecular Hbond substituents is 2. The van der Waals surface area contributed by atoms with E-state index in [0.717, 1.165) is 11.1 Å². The first kappa shape index (κ1) is 19.2. The molecular weight excluding hydrogens is 368 g/mol. The van der Waals surface area contributed by atoms with Gasteiger partial charge in [-0.1, -0.05) is 77.9 Å². The summed E-state index contributed by atoms with van der Waals surface area (Å²) in [7, 11) is 0. The zero-order valence-corrected chi connectivity index (χ0v) is 18.7. The molecule has 0 fully saturated rings. The molecule has 0 aromatic heterocycles. The van der Waals surface area contributed by atoms with E-state index in [9.17, 15) is 10.2 Å². The van der Waals surface area contributed by atoms with Crippen LogP contribution in [0.1, 0.15) is 97.9 Å². The lowest BCUT2D eigenvalue weighted by atomic mass is 9.60. The summed E-state index contributed by atoms with van der Waals surface area (Å²) < 4.78 is 0. The molecule has 3 aliphatic rings. The first-order valence-corrected chi connectivity index (χ1v) is 10.8.